The summed E-state index contributed by atoms with van der Waals surface area (Å²) in [5, 5.41) is 0. The fourth-order valence-electron chi connectivity index (χ4n) is 1.87. The second kappa shape index (κ2) is 5.54. The first-order valence-electron chi connectivity index (χ1n) is 6.10. The predicted molar refractivity (Wildman–Crippen MR) is 69.1 cm³/mol. The highest BCUT2D eigenvalue weighted by Gasteiger charge is 2.15. The third-order valence-corrected chi connectivity index (χ3v) is 2.72. The predicted octanol–water partition coefficient (Wildman–Crippen LogP) is 3.47. The summed E-state index contributed by atoms with van der Waals surface area (Å²) in [6, 6.07) is 8.93. The zero-order valence-electron chi connectivity index (χ0n) is 10.6. The van der Waals surface area contributed by atoms with Crippen LogP contribution in [0.1, 0.15) is 35.5 Å². The maximum absolute atomic E-state index is 12.3. The number of carbonyl (C=O) groups is 1. The molecule has 0 spiro atoms. The number of ketones is 1. The van der Waals surface area contributed by atoms with Crippen LogP contribution in [0.3, 0.4) is 0 Å². The Morgan fingerprint density at radius 1 is 1.28 bits per heavy atom. The molecule has 1 aromatic carbocycles. The maximum atomic E-state index is 12.3. The molecule has 1 heterocycles. The molecule has 2 rings (SSSR count). The molecule has 0 bridgehead atoms. The molecule has 0 amide bonds. The zero-order chi connectivity index (χ0) is 13.0. The number of rotatable bonds is 5. The molecule has 0 radical (unpaired) electrons. The van der Waals surface area contributed by atoms with E-state index in [1.807, 2.05) is 26.0 Å². The van der Waals surface area contributed by atoms with Crippen molar-refractivity contribution in [3.05, 3.63) is 53.5 Å². The van der Waals surface area contributed by atoms with Crippen LogP contribution in [0.25, 0.3) is 0 Å². The molecule has 0 N–H and O–H groups in total. The summed E-state index contributed by atoms with van der Waals surface area (Å²) < 4.78 is 10.7. The molecule has 0 aliphatic heterocycles. The van der Waals surface area contributed by atoms with Gasteiger partial charge in [0.2, 0.25) is 0 Å². The molecular weight excluding hydrogens is 228 g/mol. The lowest BCUT2D eigenvalue weighted by Crippen LogP contribution is -2.03. The first kappa shape index (κ1) is 12.4. The number of ether oxygens (including phenoxy) is 1. The van der Waals surface area contributed by atoms with Crippen molar-refractivity contribution in [3.8, 4) is 5.75 Å². The molecule has 2 aromatic rings. The summed E-state index contributed by atoms with van der Waals surface area (Å²) in [6.07, 6.45) is 2.26. The van der Waals surface area contributed by atoms with Gasteiger partial charge in [-0.25, -0.2) is 0 Å². The molecular formula is C15H16O3. The zero-order valence-corrected chi connectivity index (χ0v) is 10.6. The minimum Gasteiger partial charge on any atom is -0.494 e. The highest BCUT2D eigenvalue weighted by molar-refractivity contribution is 6.09. The van der Waals surface area contributed by atoms with Crippen LogP contribution in [0, 0.1) is 0 Å². The first-order valence-corrected chi connectivity index (χ1v) is 6.10. The highest BCUT2D eigenvalue weighted by Crippen LogP contribution is 2.20. The molecule has 0 fully saturated rings. The van der Waals surface area contributed by atoms with E-state index in [9.17, 15) is 4.79 Å². The lowest BCUT2D eigenvalue weighted by Gasteiger charge is -2.05. The van der Waals surface area contributed by atoms with Gasteiger partial charge in [0.1, 0.15) is 11.5 Å². The van der Waals surface area contributed by atoms with Crippen molar-refractivity contribution in [2.24, 2.45) is 0 Å². The van der Waals surface area contributed by atoms with Crippen molar-refractivity contribution in [3.63, 3.8) is 0 Å². The third-order valence-electron chi connectivity index (χ3n) is 2.72. The van der Waals surface area contributed by atoms with Gasteiger partial charge in [0.15, 0.2) is 5.78 Å². The minimum absolute atomic E-state index is 0.0258. The molecule has 1 aromatic heterocycles. The summed E-state index contributed by atoms with van der Waals surface area (Å²) in [6.45, 7) is 4.47. The largest absolute Gasteiger partial charge is 0.494 e. The van der Waals surface area contributed by atoms with E-state index in [1.165, 1.54) is 0 Å². The summed E-state index contributed by atoms with van der Waals surface area (Å²) >= 11 is 0. The van der Waals surface area contributed by atoms with Gasteiger partial charge in [-0.3, -0.25) is 4.79 Å². The average molecular weight is 244 g/mol. The molecule has 0 aliphatic carbocycles. The molecule has 0 unspecified atom stereocenters. The van der Waals surface area contributed by atoms with Gasteiger partial charge in [0.05, 0.1) is 18.4 Å². The molecule has 18 heavy (non-hydrogen) atoms. The third kappa shape index (κ3) is 2.45. The highest BCUT2D eigenvalue weighted by atomic mass is 16.5. The van der Waals surface area contributed by atoms with E-state index in [2.05, 4.69) is 0 Å². The van der Waals surface area contributed by atoms with Gasteiger partial charge in [-0.15, -0.1) is 0 Å². The lowest BCUT2D eigenvalue weighted by molar-refractivity contribution is 0.103. The summed E-state index contributed by atoms with van der Waals surface area (Å²) in [4.78, 5) is 12.3. The van der Waals surface area contributed by atoms with Crippen molar-refractivity contribution < 1.29 is 13.9 Å². The van der Waals surface area contributed by atoms with E-state index in [0.717, 1.165) is 5.76 Å². The molecule has 0 atom stereocenters. The summed E-state index contributed by atoms with van der Waals surface area (Å²) in [5.74, 6) is 1.41. The Hall–Kier alpha value is -2.03. The Morgan fingerprint density at radius 3 is 2.83 bits per heavy atom. The Kier molecular flexibility index (Phi) is 3.82. The summed E-state index contributed by atoms with van der Waals surface area (Å²) in [5.41, 5.74) is 1.25. The van der Waals surface area contributed by atoms with Gasteiger partial charge in [-0.1, -0.05) is 19.1 Å². The molecule has 3 nitrogen and oxygen atoms in total. The Morgan fingerprint density at radius 2 is 2.11 bits per heavy atom. The van der Waals surface area contributed by atoms with Gasteiger partial charge in [0.25, 0.3) is 0 Å². The fraction of sp³-hybridized carbons (Fsp3) is 0.267. The first-order chi connectivity index (χ1) is 8.76. The number of carbonyl (C=O) groups excluding carboxylic acids is 1. The molecule has 0 saturated heterocycles. The molecule has 94 valence electrons. The van der Waals surface area contributed by atoms with E-state index in [0.29, 0.717) is 29.9 Å². The van der Waals surface area contributed by atoms with Crippen molar-refractivity contribution in [1.29, 1.82) is 0 Å². The molecule has 0 saturated carbocycles. The van der Waals surface area contributed by atoms with E-state index >= 15 is 0 Å². The van der Waals surface area contributed by atoms with Crippen LogP contribution in [0.5, 0.6) is 5.75 Å². The van der Waals surface area contributed by atoms with Crippen LogP contribution >= 0.6 is 0 Å². The normalized spacial score (nSPS) is 10.3. The lowest BCUT2D eigenvalue weighted by atomic mass is 10.0. The number of benzene rings is 1. The van der Waals surface area contributed by atoms with Crippen molar-refractivity contribution in [2.45, 2.75) is 20.3 Å². The van der Waals surface area contributed by atoms with Gasteiger partial charge in [0, 0.05) is 12.0 Å². The Labute approximate surface area is 106 Å². The molecule has 3 heteroatoms. The number of aryl methyl sites for hydroxylation is 1. The van der Waals surface area contributed by atoms with Gasteiger partial charge in [-0.05, 0) is 25.1 Å². The minimum atomic E-state index is -0.0258. The second-order valence-electron chi connectivity index (χ2n) is 3.90. The second-order valence-corrected chi connectivity index (χ2v) is 3.90. The number of furan rings is 1. The monoisotopic (exact) mass is 244 g/mol. The van der Waals surface area contributed by atoms with Crippen LogP contribution in [-0.2, 0) is 6.42 Å². The SMILES string of the molecule is CCOc1cccc(C(=O)c2ccoc2CC)c1. The van der Waals surface area contributed by atoms with E-state index in [-0.39, 0.29) is 5.78 Å². The topological polar surface area (TPSA) is 39.4 Å². The fourth-order valence-corrected chi connectivity index (χ4v) is 1.87. The van der Waals surface area contributed by atoms with Crippen LogP contribution in [0.15, 0.2) is 41.0 Å². The summed E-state index contributed by atoms with van der Waals surface area (Å²) in [7, 11) is 0. The van der Waals surface area contributed by atoms with Crippen molar-refractivity contribution in [2.75, 3.05) is 6.61 Å². The van der Waals surface area contributed by atoms with Crippen molar-refractivity contribution >= 4 is 5.78 Å². The molecule has 0 aliphatic rings. The van der Waals surface area contributed by atoms with Crippen LogP contribution in [0.4, 0.5) is 0 Å². The smallest absolute Gasteiger partial charge is 0.196 e. The van der Waals surface area contributed by atoms with Crippen molar-refractivity contribution in [1.82, 2.24) is 0 Å². The van der Waals surface area contributed by atoms with Gasteiger partial charge >= 0.3 is 0 Å². The van der Waals surface area contributed by atoms with Crippen LogP contribution in [-0.4, -0.2) is 12.4 Å². The Bertz CT molecular complexity index is 540. The number of hydrogen-bond donors (Lipinski definition) is 0. The van der Waals surface area contributed by atoms with Gasteiger partial charge in [-0.2, -0.15) is 0 Å². The van der Waals surface area contributed by atoms with Gasteiger partial charge < -0.3 is 9.15 Å². The standard InChI is InChI=1S/C15H16O3/c1-3-14-13(8-9-18-14)15(16)11-6-5-7-12(10-11)17-4-2/h5-10H,3-4H2,1-2H3. The number of hydrogen-bond acceptors (Lipinski definition) is 3. The maximum Gasteiger partial charge on any atom is 0.196 e. The quantitative estimate of drug-likeness (QED) is 0.756. The van der Waals surface area contributed by atoms with E-state index in [1.54, 1.807) is 24.5 Å². The van der Waals surface area contributed by atoms with Crippen LogP contribution in [0.2, 0.25) is 0 Å². The Balaban J connectivity index is 2.31. The van der Waals surface area contributed by atoms with E-state index < -0.39 is 0 Å². The van der Waals surface area contributed by atoms with E-state index in [4.69, 9.17) is 9.15 Å². The average Bonchev–Trinajstić information content (AvgIpc) is 2.87. The van der Waals surface area contributed by atoms with Crippen LogP contribution < -0.4 is 4.74 Å².